The number of imidazole rings is 1. The second-order valence-electron chi connectivity index (χ2n) is 5.65. The lowest BCUT2D eigenvalue weighted by Crippen LogP contribution is -1.92. The molecule has 108 valence electrons. The number of halogens is 1. The van der Waals surface area contributed by atoms with Gasteiger partial charge < -0.3 is 10.1 Å². The highest BCUT2D eigenvalue weighted by molar-refractivity contribution is 6.30. The molecule has 2 aromatic heterocycles. The Morgan fingerprint density at radius 1 is 1.19 bits per heavy atom. The fourth-order valence-electron chi connectivity index (χ4n) is 2.45. The molecule has 0 spiro atoms. The third-order valence-corrected chi connectivity index (χ3v) is 3.83. The van der Waals surface area contributed by atoms with E-state index in [-0.39, 0.29) is 0 Å². The summed E-state index contributed by atoms with van der Waals surface area (Å²) < 4.78 is 1.88. The number of aromatic nitrogens is 2. The van der Waals surface area contributed by atoms with Crippen LogP contribution in [0.3, 0.4) is 0 Å². The number of nitrogens with zero attached hydrogens (tertiary/aromatic N) is 2. The predicted octanol–water partition coefficient (Wildman–Crippen LogP) is 4.28. The van der Waals surface area contributed by atoms with Crippen LogP contribution in [-0.2, 0) is 6.42 Å². The largest absolute Gasteiger partial charge is 0.396 e. The monoisotopic (exact) mass is 299 g/mol. The van der Waals surface area contributed by atoms with E-state index < -0.39 is 0 Å². The van der Waals surface area contributed by atoms with Crippen molar-refractivity contribution in [2.75, 3.05) is 5.73 Å². The van der Waals surface area contributed by atoms with Gasteiger partial charge in [-0.05, 0) is 23.1 Å². The van der Waals surface area contributed by atoms with E-state index in [1.54, 1.807) is 6.07 Å². The Balaban J connectivity index is 1.89. The third kappa shape index (κ3) is 2.88. The molecule has 1 aromatic carbocycles. The van der Waals surface area contributed by atoms with Gasteiger partial charge in [0.25, 0.3) is 0 Å². The molecule has 2 heterocycles. The molecule has 0 bridgehead atoms. The molecule has 0 saturated heterocycles. The van der Waals surface area contributed by atoms with Crippen molar-refractivity contribution in [2.24, 2.45) is 0 Å². The van der Waals surface area contributed by atoms with Gasteiger partial charge in [0.2, 0.25) is 0 Å². The molecule has 0 aliphatic rings. The fraction of sp³-hybridized carbons (Fsp3) is 0.235. The maximum atomic E-state index is 6.01. The van der Waals surface area contributed by atoms with Crippen LogP contribution in [0.15, 0.2) is 42.7 Å². The molecule has 3 rings (SSSR count). The van der Waals surface area contributed by atoms with Gasteiger partial charge in [-0.15, -0.1) is 0 Å². The summed E-state index contributed by atoms with van der Waals surface area (Å²) in [6.07, 6.45) is 4.59. The lowest BCUT2D eigenvalue weighted by Gasteiger charge is -2.05. The summed E-state index contributed by atoms with van der Waals surface area (Å²) in [5, 5.41) is 0.616. The molecule has 0 aliphatic carbocycles. The zero-order chi connectivity index (χ0) is 15.0. The Morgan fingerprint density at radius 2 is 1.90 bits per heavy atom. The first-order valence-corrected chi connectivity index (χ1v) is 7.42. The van der Waals surface area contributed by atoms with Gasteiger partial charge in [0, 0.05) is 18.8 Å². The molecular formula is C17H18ClN3. The molecule has 4 heteroatoms. The highest BCUT2D eigenvalue weighted by Crippen LogP contribution is 2.21. The van der Waals surface area contributed by atoms with Crippen molar-refractivity contribution in [1.29, 1.82) is 0 Å². The molecule has 0 amide bonds. The van der Waals surface area contributed by atoms with Crippen LogP contribution >= 0.6 is 11.6 Å². The number of pyridine rings is 1. The van der Waals surface area contributed by atoms with E-state index in [1.165, 1.54) is 11.1 Å². The van der Waals surface area contributed by atoms with Crippen molar-refractivity contribution >= 4 is 22.9 Å². The maximum absolute atomic E-state index is 6.01. The van der Waals surface area contributed by atoms with Crippen molar-refractivity contribution in [3.63, 3.8) is 0 Å². The van der Waals surface area contributed by atoms with Gasteiger partial charge >= 0.3 is 0 Å². The van der Waals surface area contributed by atoms with Crippen LogP contribution in [-0.4, -0.2) is 9.38 Å². The molecule has 0 saturated carbocycles. The minimum atomic E-state index is 0.552. The first-order chi connectivity index (χ1) is 10.0. The molecule has 0 aliphatic heterocycles. The van der Waals surface area contributed by atoms with Crippen molar-refractivity contribution in [3.8, 4) is 0 Å². The molecular weight excluding hydrogens is 282 g/mol. The van der Waals surface area contributed by atoms with E-state index in [2.05, 4.69) is 43.1 Å². The fourth-order valence-corrected chi connectivity index (χ4v) is 2.68. The van der Waals surface area contributed by atoms with Gasteiger partial charge in [-0.25, -0.2) is 4.98 Å². The van der Waals surface area contributed by atoms with Gasteiger partial charge in [0.1, 0.15) is 0 Å². The van der Waals surface area contributed by atoms with E-state index in [1.807, 2.05) is 16.8 Å². The highest BCUT2D eigenvalue weighted by atomic mass is 35.5. The van der Waals surface area contributed by atoms with Crippen LogP contribution in [0.5, 0.6) is 0 Å². The van der Waals surface area contributed by atoms with Crippen LogP contribution in [0.25, 0.3) is 5.65 Å². The van der Waals surface area contributed by atoms with E-state index in [9.17, 15) is 0 Å². The number of benzene rings is 1. The average Bonchev–Trinajstić information content (AvgIpc) is 2.82. The number of fused-ring (bicyclic) bond motifs is 1. The average molecular weight is 300 g/mol. The second kappa shape index (κ2) is 5.41. The van der Waals surface area contributed by atoms with Gasteiger partial charge in [-0.3, -0.25) is 0 Å². The Bertz CT molecular complexity index is 773. The van der Waals surface area contributed by atoms with Crippen molar-refractivity contribution in [3.05, 3.63) is 64.6 Å². The zero-order valence-electron chi connectivity index (χ0n) is 12.2. The van der Waals surface area contributed by atoms with Crippen molar-refractivity contribution in [1.82, 2.24) is 9.38 Å². The van der Waals surface area contributed by atoms with Crippen LogP contribution in [0.2, 0.25) is 5.02 Å². The van der Waals surface area contributed by atoms with E-state index in [4.69, 9.17) is 17.3 Å². The Labute approximate surface area is 129 Å². The Hall–Kier alpha value is -2.00. The summed E-state index contributed by atoms with van der Waals surface area (Å²) >= 11 is 6.01. The molecule has 21 heavy (non-hydrogen) atoms. The molecule has 0 unspecified atom stereocenters. The predicted molar refractivity (Wildman–Crippen MR) is 88.0 cm³/mol. The summed E-state index contributed by atoms with van der Waals surface area (Å²) in [6, 6.07) is 10.4. The van der Waals surface area contributed by atoms with Gasteiger partial charge in [0.05, 0.1) is 16.4 Å². The summed E-state index contributed by atoms with van der Waals surface area (Å²) in [7, 11) is 0. The van der Waals surface area contributed by atoms with Gasteiger partial charge in [-0.1, -0.05) is 49.7 Å². The van der Waals surface area contributed by atoms with E-state index in [0.717, 1.165) is 17.8 Å². The van der Waals surface area contributed by atoms with Gasteiger partial charge in [0.15, 0.2) is 5.65 Å². The normalized spacial score (nSPS) is 11.4. The van der Waals surface area contributed by atoms with Crippen LogP contribution in [0, 0.1) is 0 Å². The summed E-state index contributed by atoms with van der Waals surface area (Å²) in [4.78, 5) is 4.59. The SMILES string of the molecule is CC(C)c1ccc(Cc2cn3cc(Cl)cc(N)c3n2)cc1. The van der Waals surface area contributed by atoms with E-state index in [0.29, 0.717) is 16.6 Å². The number of nitrogen functional groups attached to an aromatic ring is 1. The lowest BCUT2D eigenvalue weighted by molar-refractivity contribution is 0.865. The number of hydrogen-bond donors (Lipinski definition) is 1. The first kappa shape index (κ1) is 14.0. The smallest absolute Gasteiger partial charge is 0.160 e. The topological polar surface area (TPSA) is 43.3 Å². The summed E-state index contributed by atoms with van der Waals surface area (Å²) in [5.74, 6) is 0.552. The standard InChI is InChI=1S/C17H18ClN3/c1-11(2)13-5-3-12(4-6-13)7-15-10-21-9-14(18)8-16(19)17(21)20-15/h3-6,8-11H,7,19H2,1-2H3. The zero-order valence-corrected chi connectivity index (χ0v) is 12.9. The summed E-state index contributed by atoms with van der Waals surface area (Å²) in [6.45, 7) is 4.40. The van der Waals surface area contributed by atoms with Crippen LogP contribution < -0.4 is 5.73 Å². The van der Waals surface area contributed by atoms with Crippen molar-refractivity contribution < 1.29 is 0 Å². The second-order valence-corrected chi connectivity index (χ2v) is 6.09. The lowest BCUT2D eigenvalue weighted by atomic mass is 10.0. The molecule has 0 fully saturated rings. The highest BCUT2D eigenvalue weighted by Gasteiger charge is 2.07. The van der Waals surface area contributed by atoms with Gasteiger partial charge in [-0.2, -0.15) is 0 Å². The molecule has 0 atom stereocenters. The first-order valence-electron chi connectivity index (χ1n) is 7.04. The van der Waals surface area contributed by atoms with Crippen LogP contribution in [0.4, 0.5) is 5.69 Å². The van der Waals surface area contributed by atoms with Crippen molar-refractivity contribution in [2.45, 2.75) is 26.2 Å². The number of anilines is 1. The third-order valence-electron chi connectivity index (χ3n) is 3.63. The number of rotatable bonds is 3. The minimum Gasteiger partial charge on any atom is -0.396 e. The quantitative estimate of drug-likeness (QED) is 0.784. The Morgan fingerprint density at radius 3 is 2.57 bits per heavy atom. The molecule has 3 aromatic rings. The molecule has 0 radical (unpaired) electrons. The Kier molecular flexibility index (Phi) is 3.60. The minimum absolute atomic E-state index is 0.552. The molecule has 2 N–H and O–H groups in total. The van der Waals surface area contributed by atoms with Crippen LogP contribution in [0.1, 0.15) is 36.6 Å². The molecule has 3 nitrogen and oxygen atoms in total. The summed E-state index contributed by atoms with van der Waals surface area (Å²) in [5.41, 5.74) is 10.9. The number of nitrogens with two attached hydrogens (primary N) is 1. The van der Waals surface area contributed by atoms with E-state index >= 15 is 0 Å². The maximum Gasteiger partial charge on any atom is 0.160 e. The number of hydrogen-bond acceptors (Lipinski definition) is 2.